The third-order valence-electron chi connectivity index (χ3n) is 1.68. The van der Waals surface area contributed by atoms with Crippen molar-refractivity contribution in [2.75, 3.05) is 5.75 Å². The van der Waals surface area contributed by atoms with Gasteiger partial charge in [-0.25, -0.2) is 0 Å². The van der Waals surface area contributed by atoms with Gasteiger partial charge < -0.3 is 0 Å². The summed E-state index contributed by atoms with van der Waals surface area (Å²) >= 11 is 1.77. The Morgan fingerprint density at radius 1 is 1.62 bits per heavy atom. The lowest BCUT2D eigenvalue weighted by Crippen LogP contribution is -1.90. The molecule has 1 aromatic rings. The minimum absolute atomic E-state index is 0.449. The number of pyridine rings is 1. The molecule has 13 heavy (non-hydrogen) atoms. The molecule has 0 aromatic carbocycles. The van der Waals surface area contributed by atoms with E-state index in [1.54, 1.807) is 18.0 Å². The Morgan fingerprint density at radius 2 is 2.38 bits per heavy atom. The molecule has 0 radical (unpaired) electrons. The van der Waals surface area contributed by atoms with Crippen LogP contribution in [0.4, 0.5) is 0 Å². The maximum Gasteiger partial charge on any atom is 0.0670 e. The number of thioether (sulfide) groups is 1. The Bertz CT molecular complexity index is 328. The van der Waals surface area contributed by atoms with Gasteiger partial charge in [-0.05, 0) is 24.3 Å². The molecule has 1 rings (SSSR count). The van der Waals surface area contributed by atoms with Crippen LogP contribution in [0.1, 0.15) is 18.2 Å². The fraction of sp³-hybridized carbons (Fsp3) is 0.400. The summed E-state index contributed by atoms with van der Waals surface area (Å²) in [4.78, 5) is 5.43. The van der Waals surface area contributed by atoms with Crippen molar-refractivity contribution in [2.24, 2.45) is 0 Å². The Morgan fingerprint density at radius 3 is 3.00 bits per heavy atom. The first-order valence-electron chi connectivity index (χ1n) is 4.23. The Kier molecular flexibility index (Phi) is 3.78. The fourth-order valence-corrected chi connectivity index (χ4v) is 1.85. The second kappa shape index (κ2) is 4.88. The maximum absolute atomic E-state index is 8.53. The van der Waals surface area contributed by atoms with Gasteiger partial charge in [0, 0.05) is 11.1 Å². The average molecular weight is 192 g/mol. The summed E-state index contributed by atoms with van der Waals surface area (Å²) in [5.74, 6) is 1.04. The topological polar surface area (TPSA) is 36.7 Å². The van der Waals surface area contributed by atoms with Gasteiger partial charge in [0.25, 0.3) is 0 Å². The first-order chi connectivity index (χ1) is 6.27. The van der Waals surface area contributed by atoms with Gasteiger partial charge in [0.1, 0.15) is 0 Å². The first-order valence-corrected chi connectivity index (χ1v) is 5.21. The van der Waals surface area contributed by atoms with Crippen LogP contribution in [0, 0.1) is 18.3 Å². The SMILES string of the molecule is CCSc1cc(CC#N)cnc1C. The molecule has 3 heteroatoms. The molecule has 0 atom stereocenters. The van der Waals surface area contributed by atoms with E-state index in [0.29, 0.717) is 6.42 Å². The number of rotatable bonds is 3. The highest BCUT2D eigenvalue weighted by Gasteiger charge is 2.00. The van der Waals surface area contributed by atoms with Crippen molar-refractivity contribution in [2.45, 2.75) is 25.2 Å². The van der Waals surface area contributed by atoms with Gasteiger partial charge in [0.05, 0.1) is 18.2 Å². The minimum atomic E-state index is 0.449. The first kappa shape index (κ1) is 10.1. The second-order valence-corrected chi connectivity index (χ2v) is 4.00. The molecule has 0 spiro atoms. The molecule has 0 bridgehead atoms. The van der Waals surface area contributed by atoms with Crippen LogP contribution < -0.4 is 0 Å². The monoisotopic (exact) mass is 192 g/mol. The van der Waals surface area contributed by atoms with E-state index in [1.165, 1.54) is 4.90 Å². The van der Waals surface area contributed by atoms with Crippen molar-refractivity contribution in [3.8, 4) is 6.07 Å². The molecular formula is C10H12N2S. The highest BCUT2D eigenvalue weighted by atomic mass is 32.2. The molecule has 0 aliphatic heterocycles. The summed E-state index contributed by atoms with van der Waals surface area (Å²) in [6, 6.07) is 4.18. The van der Waals surface area contributed by atoms with Crippen LogP contribution in [0.3, 0.4) is 0 Å². The maximum atomic E-state index is 8.53. The molecule has 0 saturated heterocycles. The van der Waals surface area contributed by atoms with Crippen LogP contribution in [0.15, 0.2) is 17.2 Å². The average Bonchev–Trinajstić information content (AvgIpc) is 2.12. The third-order valence-corrected chi connectivity index (χ3v) is 2.69. The Hall–Kier alpha value is -1.01. The zero-order valence-corrected chi connectivity index (χ0v) is 8.69. The molecule has 1 aromatic heterocycles. The van der Waals surface area contributed by atoms with E-state index < -0.39 is 0 Å². The van der Waals surface area contributed by atoms with E-state index in [9.17, 15) is 0 Å². The number of aryl methyl sites for hydroxylation is 1. The lowest BCUT2D eigenvalue weighted by Gasteiger charge is -2.03. The second-order valence-electron chi connectivity index (χ2n) is 2.70. The number of nitriles is 1. The lowest BCUT2D eigenvalue weighted by atomic mass is 10.2. The summed E-state index contributed by atoms with van der Waals surface area (Å²) in [7, 11) is 0. The number of hydrogen-bond acceptors (Lipinski definition) is 3. The summed E-state index contributed by atoms with van der Waals surface area (Å²) < 4.78 is 0. The molecule has 0 N–H and O–H groups in total. The van der Waals surface area contributed by atoms with E-state index in [2.05, 4.69) is 24.0 Å². The quantitative estimate of drug-likeness (QED) is 0.691. The van der Waals surface area contributed by atoms with Gasteiger partial charge in [-0.2, -0.15) is 5.26 Å². The molecule has 0 aliphatic carbocycles. The van der Waals surface area contributed by atoms with E-state index in [1.807, 2.05) is 6.92 Å². The molecule has 0 unspecified atom stereocenters. The highest BCUT2D eigenvalue weighted by Crippen LogP contribution is 2.21. The van der Waals surface area contributed by atoms with Gasteiger partial charge in [0.2, 0.25) is 0 Å². The van der Waals surface area contributed by atoms with Crippen LogP contribution in [0.5, 0.6) is 0 Å². The predicted octanol–water partition coefficient (Wildman–Crippen LogP) is 2.57. The smallest absolute Gasteiger partial charge is 0.0670 e. The van der Waals surface area contributed by atoms with E-state index >= 15 is 0 Å². The van der Waals surface area contributed by atoms with Gasteiger partial charge in [0.15, 0.2) is 0 Å². The van der Waals surface area contributed by atoms with Crippen molar-refractivity contribution in [3.05, 3.63) is 23.5 Å². The molecule has 0 amide bonds. The predicted molar refractivity (Wildman–Crippen MR) is 54.7 cm³/mol. The summed E-state index contributed by atoms with van der Waals surface area (Å²) in [6.45, 7) is 4.11. The summed E-state index contributed by atoms with van der Waals surface area (Å²) in [6.07, 6.45) is 2.23. The summed E-state index contributed by atoms with van der Waals surface area (Å²) in [5, 5.41) is 8.53. The molecule has 0 fully saturated rings. The molecule has 1 heterocycles. The minimum Gasteiger partial charge on any atom is -0.260 e. The van der Waals surface area contributed by atoms with E-state index in [0.717, 1.165) is 17.0 Å². The van der Waals surface area contributed by atoms with Crippen LogP contribution >= 0.6 is 11.8 Å². The lowest BCUT2D eigenvalue weighted by molar-refractivity contribution is 1.07. The summed E-state index contributed by atoms with van der Waals surface area (Å²) in [5.41, 5.74) is 2.05. The zero-order chi connectivity index (χ0) is 9.68. The van der Waals surface area contributed by atoms with Crippen LogP contribution in [-0.4, -0.2) is 10.7 Å². The van der Waals surface area contributed by atoms with Crippen molar-refractivity contribution >= 4 is 11.8 Å². The van der Waals surface area contributed by atoms with Crippen molar-refractivity contribution in [3.63, 3.8) is 0 Å². The molecule has 0 saturated carbocycles. The van der Waals surface area contributed by atoms with Gasteiger partial charge in [-0.15, -0.1) is 11.8 Å². The van der Waals surface area contributed by atoms with Crippen LogP contribution in [-0.2, 0) is 6.42 Å². The highest BCUT2D eigenvalue weighted by molar-refractivity contribution is 7.99. The third kappa shape index (κ3) is 2.74. The van der Waals surface area contributed by atoms with Crippen LogP contribution in [0.2, 0.25) is 0 Å². The molecular weight excluding hydrogens is 180 g/mol. The number of nitrogens with zero attached hydrogens (tertiary/aromatic N) is 2. The van der Waals surface area contributed by atoms with Crippen molar-refractivity contribution in [1.82, 2.24) is 4.98 Å². The molecule has 0 aliphatic rings. The van der Waals surface area contributed by atoms with Gasteiger partial charge in [-0.1, -0.05) is 6.92 Å². The Balaban J connectivity index is 2.91. The fourth-order valence-electron chi connectivity index (χ4n) is 1.04. The van der Waals surface area contributed by atoms with Crippen molar-refractivity contribution in [1.29, 1.82) is 5.26 Å². The van der Waals surface area contributed by atoms with Crippen LogP contribution in [0.25, 0.3) is 0 Å². The standard InChI is InChI=1S/C10H12N2S/c1-3-13-10-6-9(4-5-11)7-12-8(10)2/h6-7H,3-4H2,1-2H3. The van der Waals surface area contributed by atoms with Gasteiger partial charge in [-0.3, -0.25) is 4.98 Å². The number of aromatic nitrogens is 1. The van der Waals surface area contributed by atoms with Gasteiger partial charge >= 0.3 is 0 Å². The largest absolute Gasteiger partial charge is 0.260 e. The molecule has 2 nitrogen and oxygen atoms in total. The zero-order valence-electron chi connectivity index (χ0n) is 7.87. The molecule has 68 valence electrons. The Labute approximate surface area is 83.0 Å². The van der Waals surface area contributed by atoms with Crippen molar-refractivity contribution < 1.29 is 0 Å². The normalized spacial score (nSPS) is 9.62. The van der Waals surface area contributed by atoms with E-state index in [-0.39, 0.29) is 0 Å². The number of hydrogen-bond donors (Lipinski definition) is 0. The van der Waals surface area contributed by atoms with E-state index in [4.69, 9.17) is 5.26 Å².